The maximum Gasteiger partial charge on any atom is 0.304 e. The highest BCUT2D eigenvalue weighted by Gasteiger charge is 2.24. The van der Waals surface area contributed by atoms with Gasteiger partial charge in [0, 0.05) is 4.47 Å². The Labute approximate surface area is 127 Å². The first kappa shape index (κ1) is 14.9. The van der Waals surface area contributed by atoms with E-state index in [0.717, 1.165) is 6.07 Å². The highest BCUT2D eigenvalue weighted by Crippen LogP contribution is 2.29. The second kappa shape index (κ2) is 5.88. The summed E-state index contributed by atoms with van der Waals surface area (Å²) in [4.78, 5) is 22.4. The second-order valence-corrected chi connectivity index (χ2v) is 4.91. The van der Waals surface area contributed by atoms with Crippen LogP contribution in [0.2, 0.25) is 0 Å². The Kier molecular flexibility index (Phi) is 4.18. The lowest BCUT2D eigenvalue weighted by atomic mass is 10.1. The number of nitrogen functional groups attached to an aromatic ring is 1. The van der Waals surface area contributed by atoms with Crippen molar-refractivity contribution < 1.29 is 14.1 Å². The van der Waals surface area contributed by atoms with Crippen molar-refractivity contribution in [3.05, 3.63) is 62.4 Å². The van der Waals surface area contributed by atoms with Crippen LogP contribution >= 0.6 is 15.9 Å². The van der Waals surface area contributed by atoms with Gasteiger partial charge in [-0.3, -0.25) is 14.9 Å². The van der Waals surface area contributed by atoms with Gasteiger partial charge in [0.05, 0.1) is 10.6 Å². The lowest BCUT2D eigenvalue weighted by Crippen LogP contribution is -2.16. The predicted octanol–water partition coefficient (Wildman–Crippen LogP) is 3.33. The number of carbonyl (C=O) groups excluding carboxylic acids is 1. The number of hydrogen-bond acceptors (Lipinski definition) is 4. The lowest BCUT2D eigenvalue weighted by molar-refractivity contribution is -0.384. The van der Waals surface area contributed by atoms with E-state index in [0.29, 0.717) is 4.47 Å². The van der Waals surface area contributed by atoms with Crippen molar-refractivity contribution in [1.29, 1.82) is 0 Å². The molecule has 0 aliphatic carbocycles. The van der Waals surface area contributed by atoms with Gasteiger partial charge in [0.15, 0.2) is 0 Å². The number of carbonyl (C=O) groups is 1. The van der Waals surface area contributed by atoms with Crippen LogP contribution in [0.3, 0.4) is 0 Å². The van der Waals surface area contributed by atoms with Gasteiger partial charge in [-0.05, 0) is 40.2 Å². The van der Waals surface area contributed by atoms with E-state index in [4.69, 9.17) is 5.73 Å². The SMILES string of the molecule is Nc1cccc(C(=O)Nc2c(F)cccc2Br)c1[N+](=O)[O-]. The number of nitro groups is 1. The van der Waals surface area contributed by atoms with E-state index in [1.54, 1.807) is 0 Å². The highest BCUT2D eigenvalue weighted by atomic mass is 79.9. The Morgan fingerprint density at radius 2 is 1.95 bits per heavy atom. The molecule has 6 nitrogen and oxygen atoms in total. The molecule has 21 heavy (non-hydrogen) atoms. The minimum atomic E-state index is -0.820. The van der Waals surface area contributed by atoms with Crippen molar-refractivity contribution in [2.45, 2.75) is 0 Å². The van der Waals surface area contributed by atoms with Gasteiger partial charge < -0.3 is 11.1 Å². The van der Waals surface area contributed by atoms with E-state index < -0.39 is 22.3 Å². The molecule has 0 radical (unpaired) electrons. The third-order valence-electron chi connectivity index (χ3n) is 2.70. The van der Waals surface area contributed by atoms with Crippen molar-refractivity contribution in [1.82, 2.24) is 0 Å². The number of nitro benzene ring substituents is 1. The molecule has 0 saturated carbocycles. The topological polar surface area (TPSA) is 98.3 Å². The van der Waals surface area contributed by atoms with Gasteiger partial charge >= 0.3 is 5.69 Å². The summed E-state index contributed by atoms with van der Waals surface area (Å²) in [5.41, 5.74) is 4.52. The molecular formula is C13H9BrFN3O3. The molecule has 0 fully saturated rings. The summed E-state index contributed by atoms with van der Waals surface area (Å²) in [6, 6.07) is 8.12. The summed E-state index contributed by atoms with van der Waals surface area (Å²) in [7, 11) is 0. The van der Waals surface area contributed by atoms with Crippen molar-refractivity contribution in [2.75, 3.05) is 11.1 Å². The third-order valence-corrected chi connectivity index (χ3v) is 3.36. The average molecular weight is 354 g/mol. The standard InChI is InChI=1S/C13H9BrFN3O3/c14-8-4-2-5-9(15)11(8)17-13(19)7-3-1-6-10(16)12(7)18(20)21/h1-6H,16H2,(H,17,19). The summed E-state index contributed by atoms with van der Waals surface area (Å²) in [5.74, 6) is -1.48. The number of nitrogens with zero attached hydrogens (tertiary/aromatic N) is 1. The van der Waals surface area contributed by atoms with Crippen LogP contribution in [-0.4, -0.2) is 10.8 Å². The number of benzene rings is 2. The van der Waals surface area contributed by atoms with Crippen LogP contribution in [0, 0.1) is 15.9 Å². The van der Waals surface area contributed by atoms with Crippen LogP contribution in [0.1, 0.15) is 10.4 Å². The lowest BCUT2D eigenvalue weighted by Gasteiger charge is -2.09. The molecule has 3 N–H and O–H groups in total. The summed E-state index contributed by atoms with van der Waals surface area (Å²) >= 11 is 3.10. The second-order valence-electron chi connectivity index (χ2n) is 4.05. The zero-order valence-corrected chi connectivity index (χ0v) is 12.1. The van der Waals surface area contributed by atoms with E-state index >= 15 is 0 Å². The average Bonchev–Trinajstić information content (AvgIpc) is 2.42. The fourth-order valence-electron chi connectivity index (χ4n) is 1.75. The summed E-state index contributed by atoms with van der Waals surface area (Å²) in [6.07, 6.45) is 0. The summed E-state index contributed by atoms with van der Waals surface area (Å²) < 4.78 is 14.0. The molecule has 2 aromatic rings. The number of para-hydroxylation sites is 2. The number of nitrogens with two attached hydrogens (primary N) is 1. The minimum absolute atomic E-state index is 0.0979. The Balaban J connectivity index is 2.43. The smallest absolute Gasteiger partial charge is 0.304 e. The van der Waals surface area contributed by atoms with E-state index in [9.17, 15) is 19.3 Å². The fourth-order valence-corrected chi connectivity index (χ4v) is 2.19. The van der Waals surface area contributed by atoms with Gasteiger partial charge in [0.1, 0.15) is 17.1 Å². The molecule has 0 bridgehead atoms. The molecule has 0 aliphatic rings. The molecule has 8 heteroatoms. The first-order chi connectivity index (χ1) is 9.91. The van der Waals surface area contributed by atoms with Gasteiger partial charge in [-0.25, -0.2) is 4.39 Å². The monoisotopic (exact) mass is 353 g/mol. The van der Waals surface area contributed by atoms with Gasteiger partial charge in [-0.1, -0.05) is 12.1 Å². The number of anilines is 2. The molecule has 108 valence electrons. The van der Waals surface area contributed by atoms with Gasteiger partial charge in [-0.15, -0.1) is 0 Å². The summed E-state index contributed by atoms with van der Waals surface area (Å²) in [5, 5.41) is 13.3. The summed E-state index contributed by atoms with van der Waals surface area (Å²) in [6.45, 7) is 0. The van der Waals surface area contributed by atoms with Gasteiger partial charge in [0.2, 0.25) is 0 Å². The molecule has 1 amide bonds. The molecule has 0 aromatic heterocycles. The first-order valence-electron chi connectivity index (χ1n) is 5.70. The molecule has 0 heterocycles. The van der Waals surface area contributed by atoms with E-state index in [1.165, 1.54) is 30.3 Å². The Bertz CT molecular complexity index is 716. The molecule has 0 saturated heterocycles. The number of halogens is 2. The zero-order chi connectivity index (χ0) is 15.6. The number of hydrogen-bond donors (Lipinski definition) is 2. The minimum Gasteiger partial charge on any atom is -0.393 e. The maximum absolute atomic E-state index is 13.7. The maximum atomic E-state index is 13.7. The van der Waals surface area contributed by atoms with Gasteiger partial charge in [-0.2, -0.15) is 0 Å². The quantitative estimate of drug-likeness (QED) is 0.502. The third kappa shape index (κ3) is 3.00. The van der Waals surface area contributed by atoms with Crippen LogP contribution in [0.4, 0.5) is 21.5 Å². The Morgan fingerprint density at radius 3 is 2.57 bits per heavy atom. The van der Waals surface area contributed by atoms with Crippen LogP contribution in [-0.2, 0) is 0 Å². The van der Waals surface area contributed by atoms with Crippen molar-refractivity contribution in [2.24, 2.45) is 0 Å². The zero-order valence-electron chi connectivity index (χ0n) is 10.5. The fraction of sp³-hybridized carbons (Fsp3) is 0. The van der Waals surface area contributed by atoms with Crippen molar-refractivity contribution in [3.63, 3.8) is 0 Å². The molecule has 2 rings (SSSR count). The number of nitrogens with one attached hydrogen (secondary N) is 1. The highest BCUT2D eigenvalue weighted by molar-refractivity contribution is 9.10. The predicted molar refractivity (Wildman–Crippen MR) is 79.6 cm³/mol. The molecular weight excluding hydrogens is 345 g/mol. The molecule has 2 aromatic carbocycles. The van der Waals surface area contributed by atoms with Crippen LogP contribution in [0.5, 0.6) is 0 Å². The molecule has 0 atom stereocenters. The Morgan fingerprint density at radius 1 is 1.29 bits per heavy atom. The molecule has 0 aliphatic heterocycles. The van der Waals surface area contributed by atoms with E-state index in [1.807, 2.05) is 0 Å². The normalized spacial score (nSPS) is 10.2. The van der Waals surface area contributed by atoms with E-state index in [2.05, 4.69) is 21.2 Å². The Hall–Kier alpha value is -2.48. The molecule has 0 unspecified atom stereocenters. The van der Waals surface area contributed by atoms with Crippen molar-refractivity contribution in [3.8, 4) is 0 Å². The number of amides is 1. The first-order valence-corrected chi connectivity index (χ1v) is 6.49. The van der Waals surface area contributed by atoms with Crippen molar-refractivity contribution >= 4 is 38.9 Å². The largest absolute Gasteiger partial charge is 0.393 e. The van der Waals surface area contributed by atoms with Gasteiger partial charge in [0.25, 0.3) is 5.91 Å². The number of rotatable bonds is 3. The van der Waals surface area contributed by atoms with E-state index in [-0.39, 0.29) is 16.9 Å². The molecule has 0 spiro atoms. The van der Waals surface area contributed by atoms with Crippen LogP contribution in [0.15, 0.2) is 40.9 Å². The van der Waals surface area contributed by atoms with Crippen LogP contribution in [0.25, 0.3) is 0 Å². The van der Waals surface area contributed by atoms with Crippen LogP contribution < -0.4 is 11.1 Å².